The Hall–Kier alpha value is -2.05. The third-order valence-electron chi connectivity index (χ3n) is 6.38. The molecule has 3 heterocycles. The van der Waals surface area contributed by atoms with E-state index in [1.807, 2.05) is 12.1 Å². The molecule has 2 aromatic rings. The molecule has 1 aromatic carbocycles. The summed E-state index contributed by atoms with van der Waals surface area (Å²) in [6.07, 6.45) is 7.38. The minimum absolute atomic E-state index is 0.248. The topological polar surface area (TPSA) is 66.9 Å². The van der Waals surface area contributed by atoms with Crippen molar-refractivity contribution in [2.24, 2.45) is 5.92 Å². The first-order valence-electron chi connectivity index (χ1n) is 10.6. The molecule has 0 radical (unpaired) electrons. The van der Waals surface area contributed by atoms with Crippen LogP contribution in [0.1, 0.15) is 44.1 Å². The van der Waals surface area contributed by atoms with Crippen LogP contribution < -0.4 is 19.7 Å². The Balaban J connectivity index is 1.50. The molecule has 6 nitrogen and oxygen atoms in total. The fraction of sp³-hybridized carbons (Fsp3) is 0.591. The van der Waals surface area contributed by atoms with Crippen molar-refractivity contribution in [2.45, 2.75) is 51.1 Å². The summed E-state index contributed by atoms with van der Waals surface area (Å²) in [5, 5.41) is 14.5. The Labute approximate surface area is 165 Å². The van der Waals surface area contributed by atoms with Gasteiger partial charge in [-0.3, -0.25) is 0 Å². The summed E-state index contributed by atoms with van der Waals surface area (Å²) < 4.78 is 11.1. The molecule has 0 amide bonds. The van der Waals surface area contributed by atoms with Crippen LogP contribution in [0.15, 0.2) is 18.2 Å². The second-order valence-electron chi connectivity index (χ2n) is 8.37. The number of ether oxygens (including phenoxy) is 2. The summed E-state index contributed by atoms with van der Waals surface area (Å²) in [6.45, 7) is 3.22. The molecule has 0 spiro atoms. The van der Waals surface area contributed by atoms with Crippen molar-refractivity contribution in [3.05, 3.63) is 23.8 Å². The number of aliphatic hydroxyl groups excluding tert-OH is 1. The van der Waals surface area contributed by atoms with Gasteiger partial charge in [0.25, 0.3) is 0 Å². The molecule has 6 heteroatoms. The van der Waals surface area contributed by atoms with E-state index in [-0.39, 0.29) is 13.4 Å². The number of rotatable bonds is 5. The van der Waals surface area contributed by atoms with Gasteiger partial charge in [-0.1, -0.05) is 12.8 Å². The van der Waals surface area contributed by atoms with Gasteiger partial charge in [0, 0.05) is 49.3 Å². The SMILES string of the molecule is OC[C@@H]1CCCN(c2nc3cc4c(cc3cc2CNC2CCCC2)OCO4)C1. The Morgan fingerprint density at radius 1 is 1.07 bits per heavy atom. The van der Waals surface area contributed by atoms with Crippen molar-refractivity contribution in [3.63, 3.8) is 0 Å². The van der Waals surface area contributed by atoms with Crippen molar-refractivity contribution in [3.8, 4) is 11.5 Å². The fourth-order valence-electron chi connectivity index (χ4n) is 4.79. The van der Waals surface area contributed by atoms with Gasteiger partial charge in [-0.25, -0.2) is 4.98 Å². The highest BCUT2D eigenvalue weighted by Crippen LogP contribution is 2.37. The normalized spacial score (nSPS) is 22.3. The number of hydrogen-bond acceptors (Lipinski definition) is 6. The molecule has 28 heavy (non-hydrogen) atoms. The highest BCUT2D eigenvalue weighted by atomic mass is 16.7. The summed E-state index contributed by atoms with van der Waals surface area (Å²) >= 11 is 0. The Bertz CT molecular complexity index is 851. The maximum atomic E-state index is 9.66. The lowest BCUT2D eigenvalue weighted by Crippen LogP contribution is -2.38. The number of aromatic nitrogens is 1. The highest BCUT2D eigenvalue weighted by Gasteiger charge is 2.24. The van der Waals surface area contributed by atoms with Gasteiger partial charge in [0.15, 0.2) is 11.5 Å². The first kappa shape index (κ1) is 18.0. The van der Waals surface area contributed by atoms with E-state index in [1.54, 1.807) is 0 Å². The monoisotopic (exact) mass is 383 g/mol. The second kappa shape index (κ2) is 7.76. The van der Waals surface area contributed by atoms with Crippen LogP contribution in [0.2, 0.25) is 0 Å². The quantitative estimate of drug-likeness (QED) is 0.827. The van der Waals surface area contributed by atoms with Crippen LogP contribution in [0.25, 0.3) is 10.9 Å². The number of pyridine rings is 1. The van der Waals surface area contributed by atoms with Crippen LogP contribution in [-0.4, -0.2) is 42.6 Å². The van der Waals surface area contributed by atoms with Gasteiger partial charge in [-0.2, -0.15) is 0 Å². The maximum Gasteiger partial charge on any atom is 0.231 e. The molecular weight excluding hydrogens is 354 g/mol. The number of fused-ring (bicyclic) bond motifs is 2. The third kappa shape index (κ3) is 3.51. The van der Waals surface area contributed by atoms with E-state index in [0.717, 1.165) is 60.7 Å². The average Bonchev–Trinajstić information content (AvgIpc) is 3.41. The molecule has 1 aromatic heterocycles. The number of hydrogen-bond donors (Lipinski definition) is 2. The lowest BCUT2D eigenvalue weighted by Gasteiger charge is -2.34. The van der Waals surface area contributed by atoms with Crippen LogP contribution in [0, 0.1) is 5.92 Å². The molecule has 5 rings (SSSR count). The zero-order valence-corrected chi connectivity index (χ0v) is 16.3. The van der Waals surface area contributed by atoms with E-state index >= 15 is 0 Å². The fourth-order valence-corrected chi connectivity index (χ4v) is 4.79. The van der Waals surface area contributed by atoms with Gasteiger partial charge in [0.2, 0.25) is 6.79 Å². The van der Waals surface area contributed by atoms with Gasteiger partial charge in [0.1, 0.15) is 5.82 Å². The van der Waals surface area contributed by atoms with E-state index < -0.39 is 0 Å². The molecule has 1 saturated heterocycles. The van der Waals surface area contributed by atoms with Crippen molar-refractivity contribution >= 4 is 16.7 Å². The van der Waals surface area contributed by atoms with E-state index in [1.165, 1.54) is 31.2 Å². The van der Waals surface area contributed by atoms with Crippen molar-refractivity contribution in [1.82, 2.24) is 10.3 Å². The second-order valence-corrected chi connectivity index (χ2v) is 8.37. The lowest BCUT2D eigenvalue weighted by atomic mass is 9.98. The minimum Gasteiger partial charge on any atom is -0.454 e. The first-order valence-corrected chi connectivity index (χ1v) is 10.6. The summed E-state index contributed by atoms with van der Waals surface area (Å²) in [4.78, 5) is 7.42. The Kier molecular flexibility index (Phi) is 4.99. The highest BCUT2D eigenvalue weighted by molar-refractivity contribution is 5.85. The summed E-state index contributed by atoms with van der Waals surface area (Å²) in [6, 6.07) is 6.90. The van der Waals surface area contributed by atoms with Crippen LogP contribution in [-0.2, 0) is 6.54 Å². The average molecular weight is 383 g/mol. The maximum absolute atomic E-state index is 9.66. The van der Waals surface area contributed by atoms with Gasteiger partial charge >= 0.3 is 0 Å². The predicted octanol–water partition coefficient (Wildman–Crippen LogP) is 3.20. The first-order chi connectivity index (χ1) is 13.8. The number of aliphatic hydroxyl groups is 1. The Morgan fingerprint density at radius 2 is 1.89 bits per heavy atom. The predicted molar refractivity (Wildman–Crippen MR) is 109 cm³/mol. The summed E-state index contributed by atoms with van der Waals surface area (Å²) in [5.41, 5.74) is 2.17. The molecule has 2 fully saturated rings. The molecule has 3 aliphatic rings. The number of nitrogens with zero attached hydrogens (tertiary/aromatic N) is 2. The number of anilines is 1. The molecule has 1 aliphatic carbocycles. The largest absolute Gasteiger partial charge is 0.454 e. The van der Waals surface area contributed by atoms with Gasteiger partial charge in [-0.15, -0.1) is 0 Å². The standard InChI is InChI=1S/C22H29N3O3/c26-13-15-4-3-7-25(12-15)22-17(11-23-18-5-1-2-6-18)8-16-9-20-21(28-14-27-20)10-19(16)24-22/h8-10,15,18,23,26H,1-7,11-14H2/t15-/m1/s1. The molecule has 150 valence electrons. The Morgan fingerprint density at radius 3 is 2.71 bits per heavy atom. The van der Waals surface area contributed by atoms with E-state index in [4.69, 9.17) is 14.5 Å². The number of benzene rings is 1. The molecule has 0 unspecified atom stereocenters. The van der Waals surface area contributed by atoms with Crippen LogP contribution >= 0.6 is 0 Å². The number of nitrogens with one attached hydrogen (secondary N) is 1. The third-order valence-corrected chi connectivity index (χ3v) is 6.38. The lowest BCUT2D eigenvalue weighted by molar-refractivity contribution is 0.174. The van der Waals surface area contributed by atoms with Crippen molar-refractivity contribution < 1.29 is 14.6 Å². The van der Waals surface area contributed by atoms with Crippen LogP contribution in [0.4, 0.5) is 5.82 Å². The zero-order chi connectivity index (χ0) is 18.9. The zero-order valence-electron chi connectivity index (χ0n) is 16.3. The van der Waals surface area contributed by atoms with Gasteiger partial charge < -0.3 is 24.8 Å². The molecule has 1 atom stereocenters. The van der Waals surface area contributed by atoms with Crippen molar-refractivity contribution in [1.29, 1.82) is 0 Å². The smallest absolute Gasteiger partial charge is 0.231 e. The summed E-state index contributed by atoms with van der Waals surface area (Å²) in [7, 11) is 0. The van der Waals surface area contributed by atoms with E-state index in [2.05, 4.69) is 16.3 Å². The van der Waals surface area contributed by atoms with Crippen LogP contribution in [0.5, 0.6) is 11.5 Å². The number of piperidine rings is 1. The molecular formula is C22H29N3O3. The van der Waals surface area contributed by atoms with Crippen molar-refractivity contribution in [2.75, 3.05) is 31.4 Å². The molecule has 1 saturated carbocycles. The summed E-state index contributed by atoms with van der Waals surface area (Å²) in [5.74, 6) is 2.96. The molecule has 2 N–H and O–H groups in total. The molecule has 0 bridgehead atoms. The molecule has 2 aliphatic heterocycles. The van der Waals surface area contributed by atoms with Crippen LogP contribution in [0.3, 0.4) is 0 Å². The van der Waals surface area contributed by atoms with Gasteiger partial charge in [-0.05, 0) is 43.7 Å². The van der Waals surface area contributed by atoms with Gasteiger partial charge in [0.05, 0.1) is 5.52 Å². The minimum atomic E-state index is 0.248. The van der Waals surface area contributed by atoms with E-state index in [9.17, 15) is 5.11 Å². The van der Waals surface area contributed by atoms with E-state index in [0.29, 0.717) is 12.0 Å².